The first kappa shape index (κ1) is 15.3. The average molecular weight is 352 g/mol. The summed E-state index contributed by atoms with van der Waals surface area (Å²) in [6, 6.07) is 14.9. The van der Waals surface area contributed by atoms with Crippen LogP contribution in [-0.2, 0) is 11.4 Å². The van der Waals surface area contributed by atoms with Crippen LogP contribution in [0.15, 0.2) is 48.5 Å². The highest BCUT2D eigenvalue weighted by Gasteiger charge is 2.17. The Morgan fingerprint density at radius 2 is 1.91 bits per heavy atom. The van der Waals surface area contributed by atoms with E-state index in [1.54, 1.807) is 18.2 Å². The first-order valence-electron chi connectivity index (χ1n) is 6.49. The van der Waals surface area contributed by atoms with Gasteiger partial charge < -0.3 is 0 Å². The lowest BCUT2D eigenvalue weighted by Gasteiger charge is -2.04. The molecule has 1 heterocycles. The van der Waals surface area contributed by atoms with Gasteiger partial charge in [0.2, 0.25) is 0 Å². The van der Waals surface area contributed by atoms with Crippen molar-refractivity contribution in [2.24, 2.45) is 0 Å². The number of carbonyl (C=O) groups excluding carboxylic acids is 1. The molecule has 0 aliphatic heterocycles. The molecule has 0 saturated heterocycles. The molecule has 1 amide bonds. The maximum Gasteiger partial charge on any atom is 0.286 e. The molecule has 3 nitrogen and oxygen atoms in total. The summed E-state index contributed by atoms with van der Waals surface area (Å²) in [6.45, 7) is 0.293. The van der Waals surface area contributed by atoms with Gasteiger partial charge in [-0.15, -0.1) is 11.3 Å². The lowest BCUT2D eigenvalue weighted by atomic mass is 10.2. The molecule has 2 aromatic carbocycles. The topological polar surface area (TPSA) is 38.3 Å². The monoisotopic (exact) mass is 351 g/mol. The summed E-state index contributed by atoms with van der Waals surface area (Å²) in [7, 11) is 0. The van der Waals surface area contributed by atoms with E-state index in [-0.39, 0.29) is 5.91 Å². The van der Waals surface area contributed by atoms with Gasteiger partial charge in [-0.25, -0.2) is 5.48 Å². The number of benzene rings is 2. The third-order valence-electron chi connectivity index (χ3n) is 3.04. The van der Waals surface area contributed by atoms with E-state index in [1.807, 2.05) is 30.3 Å². The predicted octanol–water partition coefficient (Wildman–Crippen LogP) is 5.07. The van der Waals surface area contributed by atoms with Crippen LogP contribution >= 0.6 is 34.5 Å². The quantitative estimate of drug-likeness (QED) is 0.666. The second kappa shape index (κ2) is 6.67. The van der Waals surface area contributed by atoms with E-state index in [0.717, 1.165) is 15.6 Å². The van der Waals surface area contributed by atoms with E-state index in [0.29, 0.717) is 21.5 Å². The fourth-order valence-electron chi connectivity index (χ4n) is 1.99. The van der Waals surface area contributed by atoms with Crippen molar-refractivity contribution >= 4 is 50.5 Å². The van der Waals surface area contributed by atoms with Crippen LogP contribution in [0.3, 0.4) is 0 Å². The Morgan fingerprint density at radius 3 is 2.68 bits per heavy atom. The third-order valence-corrected chi connectivity index (χ3v) is 4.94. The van der Waals surface area contributed by atoms with Gasteiger partial charge in [0.25, 0.3) is 5.91 Å². The average Bonchev–Trinajstić information content (AvgIpc) is 2.84. The molecular weight excluding hydrogens is 341 g/mol. The molecule has 22 heavy (non-hydrogen) atoms. The number of hydrogen-bond acceptors (Lipinski definition) is 3. The molecule has 3 rings (SSSR count). The highest BCUT2D eigenvalue weighted by atomic mass is 35.5. The van der Waals surface area contributed by atoms with Gasteiger partial charge in [0.1, 0.15) is 4.88 Å². The summed E-state index contributed by atoms with van der Waals surface area (Å²) in [5.74, 6) is -0.363. The van der Waals surface area contributed by atoms with Crippen molar-refractivity contribution in [2.75, 3.05) is 0 Å². The summed E-state index contributed by atoms with van der Waals surface area (Å²) in [5, 5.41) is 1.83. The molecule has 0 aliphatic rings. The van der Waals surface area contributed by atoms with E-state index in [2.05, 4.69) is 5.48 Å². The Morgan fingerprint density at radius 1 is 1.14 bits per heavy atom. The largest absolute Gasteiger partial charge is 0.286 e. The summed E-state index contributed by atoms with van der Waals surface area (Å²) in [6.07, 6.45) is 0. The van der Waals surface area contributed by atoms with Gasteiger partial charge in [-0.05, 0) is 17.7 Å². The molecule has 0 saturated carbocycles. The normalized spacial score (nSPS) is 10.8. The van der Waals surface area contributed by atoms with Gasteiger partial charge in [-0.2, -0.15) is 0 Å². The minimum absolute atomic E-state index is 0.293. The molecule has 1 aromatic heterocycles. The summed E-state index contributed by atoms with van der Waals surface area (Å²) in [5.41, 5.74) is 3.39. The van der Waals surface area contributed by atoms with Crippen molar-refractivity contribution in [3.05, 3.63) is 69.0 Å². The lowest BCUT2D eigenvalue weighted by molar-refractivity contribution is 0.0237. The Bertz CT molecular complexity index is 818. The van der Waals surface area contributed by atoms with Crippen molar-refractivity contribution in [1.82, 2.24) is 5.48 Å². The van der Waals surface area contributed by atoms with Crippen molar-refractivity contribution in [2.45, 2.75) is 6.61 Å². The summed E-state index contributed by atoms with van der Waals surface area (Å²) in [4.78, 5) is 17.8. The van der Waals surface area contributed by atoms with E-state index in [4.69, 9.17) is 28.0 Å². The first-order valence-corrected chi connectivity index (χ1v) is 8.06. The number of thiophene rings is 1. The van der Waals surface area contributed by atoms with E-state index in [1.165, 1.54) is 11.3 Å². The molecule has 112 valence electrons. The summed E-state index contributed by atoms with van der Waals surface area (Å²) < 4.78 is 0.866. The first-order chi connectivity index (χ1) is 10.6. The SMILES string of the molecule is O=C(NOCc1ccccc1)c1sc2cc(Cl)ccc2c1Cl. The van der Waals surface area contributed by atoms with Gasteiger partial charge in [0.15, 0.2) is 0 Å². The van der Waals surface area contributed by atoms with E-state index in [9.17, 15) is 4.79 Å². The maximum absolute atomic E-state index is 12.2. The molecule has 0 aliphatic carbocycles. The van der Waals surface area contributed by atoms with Gasteiger partial charge in [0, 0.05) is 15.1 Å². The maximum atomic E-state index is 12.2. The fourth-order valence-corrected chi connectivity index (χ4v) is 3.67. The minimum atomic E-state index is -0.363. The zero-order valence-electron chi connectivity index (χ0n) is 11.3. The van der Waals surface area contributed by atoms with Gasteiger partial charge in [-0.3, -0.25) is 9.63 Å². The Balaban J connectivity index is 1.71. The number of rotatable bonds is 4. The Hall–Kier alpha value is -1.59. The molecular formula is C16H11Cl2NO2S. The van der Waals surface area contributed by atoms with Crippen molar-refractivity contribution in [1.29, 1.82) is 0 Å². The molecule has 0 bridgehead atoms. The van der Waals surface area contributed by atoms with Crippen molar-refractivity contribution in [3.8, 4) is 0 Å². The molecule has 0 fully saturated rings. The van der Waals surface area contributed by atoms with Crippen LogP contribution in [0.2, 0.25) is 10.0 Å². The third kappa shape index (κ3) is 3.25. The lowest BCUT2D eigenvalue weighted by Crippen LogP contribution is -2.22. The van der Waals surface area contributed by atoms with Crippen LogP contribution in [0.4, 0.5) is 0 Å². The molecule has 0 unspecified atom stereocenters. The van der Waals surface area contributed by atoms with Crippen LogP contribution in [0.25, 0.3) is 10.1 Å². The Labute approximate surface area is 141 Å². The number of nitrogens with one attached hydrogen (secondary N) is 1. The van der Waals surface area contributed by atoms with Gasteiger partial charge in [-0.1, -0.05) is 59.6 Å². The fraction of sp³-hybridized carbons (Fsp3) is 0.0625. The van der Waals surface area contributed by atoms with Crippen LogP contribution in [0, 0.1) is 0 Å². The zero-order chi connectivity index (χ0) is 15.5. The second-order valence-electron chi connectivity index (χ2n) is 4.59. The summed E-state index contributed by atoms with van der Waals surface area (Å²) >= 11 is 13.5. The zero-order valence-corrected chi connectivity index (χ0v) is 13.6. The molecule has 3 aromatic rings. The number of carbonyl (C=O) groups is 1. The van der Waals surface area contributed by atoms with Gasteiger partial charge >= 0.3 is 0 Å². The number of halogens is 2. The number of hydroxylamine groups is 1. The van der Waals surface area contributed by atoms with Crippen LogP contribution in [0.5, 0.6) is 0 Å². The molecule has 0 spiro atoms. The number of amides is 1. The van der Waals surface area contributed by atoms with Crippen molar-refractivity contribution < 1.29 is 9.63 Å². The standard InChI is InChI=1S/C16H11Cl2NO2S/c17-11-6-7-12-13(8-11)22-15(14(12)18)16(20)19-21-9-10-4-2-1-3-5-10/h1-8H,9H2,(H,19,20). The number of hydrogen-bond donors (Lipinski definition) is 1. The minimum Gasteiger partial charge on any atom is -0.269 e. The van der Waals surface area contributed by atoms with E-state index < -0.39 is 0 Å². The second-order valence-corrected chi connectivity index (χ2v) is 6.46. The van der Waals surface area contributed by atoms with Crippen molar-refractivity contribution in [3.63, 3.8) is 0 Å². The number of fused-ring (bicyclic) bond motifs is 1. The highest BCUT2D eigenvalue weighted by Crippen LogP contribution is 2.36. The van der Waals surface area contributed by atoms with Crippen LogP contribution < -0.4 is 5.48 Å². The smallest absolute Gasteiger partial charge is 0.269 e. The Kier molecular flexibility index (Phi) is 4.64. The molecule has 0 atom stereocenters. The molecule has 1 N–H and O–H groups in total. The molecule has 0 radical (unpaired) electrons. The highest BCUT2D eigenvalue weighted by molar-refractivity contribution is 7.21. The molecule has 6 heteroatoms. The predicted molar refractivity (Wildman–Crippen MR) is 90.5 cm³/mol. The van der Waals surface area contributed by atoms with Crippen LogP contribution in [0.1, 0.15) is 15.2 Å². The van der Waals surface area contributed by atoms with Gasteiger partial charge in [0.05, 0.1) is 11.6 Å². The van der Waals surface area contributed by atoms with Crippen LogP contribution in [-0.4, -0.2) is 5.91 Å². The van der Waals surface area contributed by atoms with E-state index >= 15 is 0 Å².